The molecule has 0 aliphatic rings. The number of carbonyl (C=O) groups is 3. The molecule has 0 radical (unpaired) electrons. The van der Waals surface area contributed by atoms with Crippen LogP contribution in [0.3, 0.4) is 0 Å². The lowest BCUT2D eigenvalue weighted by molar-refractivity contribution is -0.167. The number of hydrogen-bond acceptors (Lipinski definition) is 6. The van der Waals surface area contributed by atoms with Gasteiger partial charge in [-0.05, 0) is 37.0 Å². The van der Waals surface area contributed by atoms with E-state index in [0.717, 1.165) is 75.5 Å². The molecule has 0 aliphatic heterocycles. The lowest BCUT2D eigenvalue weighted by Crippen LogP contribution is -2.30. The Morgan fingerprint density at radius 1 is 0.299 bits per heavy atom. The van der Waals surface area contributed by atoms with E-state index in [4.69, 9.17) is 14.2 Å². The normalized spacial score (nSPS) is 12.9. The van der Waals surface area contributed by atoms with Crippen molar-refractivity contribution in [2.45, 2.75) is 343 Å². The molecule has 0 aromatic carbocycles. The highest BCUT2D eigenvalue weighted by Crippen LogP contribution is 2.19. The van der Waals surface area contributed by atoms with Gasteiger partial charge in [0.15, 0.2) is 6.10 Å². The molecule has 0 rings (SSSR count). The highest BCUT2D eigenvalue weighted by Gasteiger charge is 2.19. The summed E-state index contributed by atoms with van der Waals surface area (Å²) in [5.41, 5.74) is 0. The van der Waals surface area contributed by atoms with Crippen LogP contribution in [0.15, 0.2) is 0 Å². The molecule has 0 saturated heterocycles. The third-order valence-electron chi connectivity index (χ3n) is 14.6. The minimum atomic E-state index is -0.764. The van der Waals surface area contributed by atoms with Gasteiger partial charge in [0, 0.05) is 19.3 Å². The minimum absolute atomic E-state index is 0.0642. The van der Waals surface area contributed by atoms with Gasteiger partial charge in [0.05, 0.1) is 0 Å². The van der Waals surface area contributed by atoms with Gasteiger partial charge >= 0.3 is 17.9 Å². The van der Waals surface area contributed by atoms with Crippen molar-refractivity contribution in [1.82, 2.24) is 0 Å². The Morgan fingerprint density at radius 3 is 0.776 bits per heavy atom. The fourth-order valence-electron chi connectivity index (χ4n) is 9.29. The quantitative estimate of drug-likeness (QED) is 0.0343. The molecule has 6 nitrogen and oxygen atoms in total. The van der Waals surface area contributed by atoms with Crippen molar-refractivity contribution in [2.24, 2.45) is 17.8 Å². The largest absolute Gasteiger partial charge is 0.462 e. The fraction of sp³-hybridized carbons (Fsp3) is 0.951. The molecule has 0 saturated carbocycles. The molecule has 0 amide bonds. The minimum Gasteiger partial charge on any atom is -0.462 e. The van der Waals surface area contributed by atoms with Crippen LogP contribution < -0.4 is 0 Å². The number of esters is 3. The molecule has 0 N–H and O–H groups in total. The molecule has 0 heterocycles. The lowest BCUT2D eigenvalue weighted by atomic mass is 9.99. The van der Waals surface area contributed by atoms with Crippen LogP contribution in [0.1, 0.15) is 337 Å². The summed E-state index contributed by atoms with van der Waals surface area (Å²) in [6, 6.07) is 0. The Morgan fingerprint density at radius 2 is 0.522 bits per heavy atom. The predicted octanol–water partition coefficient (Wildman–Crippen LogP) is 19.9. The molecule has 0 fully saturated rings. The standard InChI is InChI=1S/C61H118O6/c1-7-56(5)48-42-36-29-25-21-17-13-11-9-10-12-14-20-24-28-32-40-46-52-61(64)67-58(54-66-60(63)51-45-39-34-33-35-41-47-55(3)4)53-65-59(62)50-44-38-31-27-23-19-16-15-18-22-26-30-37-43-49-57(6)8-2/h55-58H,7-54H2,1-6H3/t56?,57?,58-/m0/s1. The van der Waals surface area contributed by atoms with Crippen molar-refractivity contribution in [2.75, 3.05) is 13.2 Å². The molecule has 0 aromatic rings. The van der Waals surface area contributed by atoms with Crippen molar-refractivity contribution >= 4 is 17.9 Å². The maximum atomic E-state index is 12.9. The van der Waals surface area contributed by atoms with Crippen molar-refractivity contribution in [3.05, 3.63) is 0 Å². The highest BCUT2D eigenvalue weighted by molar-refractivity contribution is 5.71. The van der Waals surface area contributed by atoms with Crippen LogP contribution in [0, 0.1) is 17.8 Å². The summed E-state index contributed by atoms with van der Waals surface area (Å²) in [5, 5.41) is 0. The second-order valence-electron chi connectivity index (χ2n) is 21.9. The molecular weight excluding hydrogens is 829 g/mol. The van der Waals surface area contributed by atoms with Crippen molar-refractivity contribution in [3.8, 4) is 0 Å². The molecule has 398 valence electrons. The van der Waals surface area contributed by atoms with Crippen LogP contribution in [0.5, 0.6) is 0 Å². The Labute approximate surface area is 418 Å². The zero-order valence-corrected chi connectivity index (χ0v) is 46.2. The van der Waals surface area contributed by atoms with E-state index in [9.17, 15) is 14.4 Å². The fourth-order valence-corrected chi connectivity index (χ4v) is 9.29. The SMILES string of the molecule is CCC(C)CCCCCCCCCCCCCCCCCCCCC(=O)O[C@@H](COC(=O)CCCCCCCCCCCCCCCCC(C)CC)COC(=O)CCCCCCCCC(C)C. The second kappa shape index (κ2) is 52.2. The maximum absolute atomic E-state index is 12.9. The molecule has 0 aromatic heterocycles. The first-order chi connectivity index (χ1) is 32.7. The maximum Gasteiger partial charge on any atom is 0.306 e. The third-order valence-corrected chi connectivity index (χ3v) is 14.6. The number of ether oxygens (including phenoxy) is 3. The predicted molar refractivity (Wildman–Crippen MR) is 289 cm³/mol. The van der Waals surface area contributed by atoms with Crippen LogP contribution in [-0.2, 0) is 28.6 Å². The Hall–Kier alpha value is -1.59. The van der Waals surface area contributed by atoms with Crippen LogP contribution in [-0.4, -0.2) is 37.2 Å². The molecule has 0 aliphatic carbocycles. The van der Waals surface area contributed by atoms with E-state index in [2.05, 4.69) is 41.5 Å². The van der Waals surface area contributed by atoms with Crippen molar-refractivity contribution < 1.29 is 28.6 Å². The molecule has 6 heteroatoms. The first kappa shape index (κ1) is 65.4. The average Bonchev–Trinajstić information content (AvgIpc) is 3.31. The molecule has 2 unspecified atom stereocenters. The molecule has 67 heavy (non-hydrogen) atoms. The van der Waals surface area contributed by atoms with Gasteiger partial charge in [0.25, 0.3) is 0 Å². The van der Waals surface area contributed by atoms with Gasteiger partial charge < -0.3 is 14.2 Å². The van der Waals surface area contributed by atoms with Crippen molar-refractivity contribution in [3.63, 3.8) is 0 Å². The average molecular weight is 948 g/mol. The van der Waals surface area contributed by atoms with E-state index in [0.29, 0.717) is 19.3 Å². The highest BCUT2D eigenvalue weighted by atomic mass is 16.6. The van der Waals surface area contributed by atoms with Gasteiger partial charge in [0.1, 0.15) is 13.2 Å². The van der Waals surface area contributed by atoms with Gasteiger partial charge in [-0.2, -0.15) is 0 Å². The van der Waals surface area contributed by atoms with E-state index in [1.54, 1.807) is 0 Å². The van der Waals surface area contributed by atoms with Gasteiger partial charge in [-0.1, -0.05) is 298 Å². The Bertz CT molecular complexity index is 1040. The van der Waals surface area contributed by atoms with Crippen LogP contribution in [0.2, 0.25) is 0 Å². The van der Waals surface area contributed by atoms with Crippen LogP contribution in [0.25, 0.3) is 0 Å². The zero-order chi connectivity index (χ0) is 49.1. The third kappa shape index (κ3) is 52.1. The summed E-state index contributed by atoms with van der Waals surface area (Å²) < 4.78 is 16.9. The van der Waals surface area contributed by atoms with Gasteiger partial charge in [-0.25, -0.2) is 0 Å². The molecule has 0 bridgehead atoms. The van der Waals surface area contributed by atoms with Crippen LogP contribution in [0.4, 0.5) is 0 Å². The number of hydrogen-bond donors (Lipinski definition) is 0. The molecule has 3 atom stereocenters. The number of rotatable bonds is 54. The Balaban J connectivity index is 4.19. The Kier molecular flexibility index (Phi) is 51.0. The summed E-state index contributed by atoms with van der Waals surface area (Å²) in [6.07, 6.45) is 55.4. The molecular formula is C61H118O6. The van der Waals surface area contributed by atoms with E-state index in [1.807, 2.05) is 0 Å². The summed E-state index contributed by atoms with van der Waals surface area (Å²) >= 11 is 0. The van der Waals surface area contributed by atoms with E-state index in [1.165, 1.54) is 218 Å². The summed E-state index contributed by atoms with van der Waals surface area (Å²) in [6.45, 7) is 13.8. The number of unbranched alkanes of at least 4 members (excludes halogenated alkanes) is 35. The summed E-state index contributed by atoms with van der Waals surface area (Å²) in [4.78, 5) is 38.1. The second-order valence-corrected chi connectivity index (χ2v) is 21.9. The molecule has 0 spiro atoms. The van der Waals surface area contributed by atoms with Gasteiger partial charge in [-0.3, -0.25) is 14.4 Å². The zero-order valence-electron chi connectivity index (χ0n) is 46.2. The number of carbonyl (C=O) groups excluding carboxylic acids is 3. The van der Waals surface area contributed by atoms with Crippen LogP contribution >= 0.6 is 0 Å². The lowest BCUT2D eigenvalue weighted by Gasteiger charge is -2.18. The van der Waals surface area contributed by atoms with E-state index < -0.39 is 6.10 Å². The van der Waals surface area contributed by atoms with Gasteiger partial charge in [0.2, 0.25) is 0 Å². The van der Waals surface area contributed by atoms with Crippen molar-refractivity contribution in [1.29, 1.82) is 0 Å². The summed E-state index contributed by atoms with van der Waals surface area (Å²) in [5.74, 6) is 1.72. The smallest absolute Gasteiger partial charge is 0.306 e. The van der Waals surface area contributed by atoms with E-state index >= 15 is 0 Å². The monoisotopic (exact) mass is 947 g/mol. The first-order valence-corrected chi connectivity index (χ1v) is 30.2. The topological polar surface area (TPSA) is 78.9 Å². The first-order valence-electron chi connectivity index (χ1n) is 30.2. The van der Waals surface area contributed by atoms with Gasteiger partial charge in [-0.15, -0.1) is 0 Å². The van der Waals surface area contributed by atoms with E-state index in [-0.39, 0.29) is 31.1 Å². The summed E-state index contributed by atoms with van der Waals surface area (Å²) in [7, 11) is 0.